The fourth-order valence-corrected chi connectivity index (χ4v) is 4.28. The Morgan fingerprint density at radius 1 is 1.30 bits per heavy atom. The van der Waals surface area contributed by atoms with Crippen LogP contribution in [0.15, 0.2) is 42.9 Å². The van der Waals surface area contributed by atoms with Gasteiger partial charge in [0.25, 0.3) is 0 Å². The molecular formula is C24H22N4O2. The zero-order valence-electron chi connectivity index (χ0n) is 17.0. The van der Waals surface area contributed by atoms with Crippen molar-refractivity contribution in [2.75, 3.05) is 0 Å². The Hall–Kier alpha value is -3.59. The van der Waals surface area contributed by atoms with Gasteiger partial charge in [-0.1, -0.05) is 5.92 Å². The lowest BCUT2D eigenvalue weighted by Crippen LogP contribution is -2.21. The molecular weight excluding hydrogens is 376 g/mol. The maximum atomic E-state index is 11.7. The van der Waals surface area contributed by atoms with Crippen LogP contribution < -0.4 is 4.74 Å². The van der Waals surface area contributed by atoms with Gasteiger partial charge in [-0.25, -0.2) is 4.98 Å². The molecule has 3 heterocycles. The van der Waals surface area contributed by atoms with E-state index in [0.717, 1.165) is 45.5 Å². The van der Waals surface area contributed by atoms with Gasteiger partial charge < -0.3 is 4.74 Å². The maximum absolute atomic E-state index is 11.7. The van der Waals surface area contributed by atoms with Gasteiger partial charge in [-0.15, -0.1) is 6.42 Å². The summed E-state index contributed by atoms with van der Waals surface area (Å²) in [7, 11) is 1.90. The summed E-state index contributed by atoms with van der Waals surface area (Å²) in [6.45, 7) is 2.05. The van der Waals surface area contributed by atoms with Crippen LogP contribution in [0.25, 0.3) is 27.8 Å². The lowest BCUT2D eigenvalue weighted by atomic mass is 10.0. The second-order valence-corrected chi connectivity index (χ2v) is 8.01. The number of aryl methyl sites for hydroxylation is 1. The molecule has 0 amide bonds. The van der Waals surface area contributed by atoms with Crippen molar-refractivity contribution in [1.82, 2.24) is 19.2 Å². The number of carbonyl (C=O) groups excluding carboxylic acids is 1. The Kier molecular flexibility index (Phi) is 4.32. The minimum Gasteiger partial charge on any atom is -0.490 e. The number of fused-ring (bicyclic) bond motifs is 2. The van der Waals surface area contributed by atoms with Crippen LogP contribution in [0.5, 0.6) is 5.75 Å². The van der Waals surface area contributed by atoms with Gasteiger partial charge in [-0.3, -0.25) is 13.9 Å². The Morgan fingerprint density at radius 2 is 2.17 bits per heavy atom. The van der Waals surface area contributed by atoms with Gasteiger partial charge in [0.1, 0.15) is 17.2 Å². The predicted octanol–water partition coefficient (Wildman–Crippen LogP) is 4.01. The highest BCUT2D eigenvalue weighted by atomic mass is 16.5. The number of rotatable bonds is 4. The second-order valence-electron chi connectivity index (χ2n) is 8.01. The first kappa shape index (κ1) is 18.4. The van der Waals surface area contributed by atoms with Crippen LogP contribution in [0.4, 0.5) is 0 Å². The third-order valence-electron chi connectivity index (χ3n) is 5.93. The number of hydrogen-bond donors (Lipinski definition) is 0. The highest BCUT2D eigenvalue weighted by Gasteiger charge is 2.28. The third-order valence-corrected chi connectivity index (χ3v) is 5.93. The largest absolute Gasteiger partial charge is 0.490 e. The van der Waals surface area contributed by atoms with Crippen molar-refractivity contribution >= 4 is 22.3 Å². The van der Waals surface area contributed by atoms with Crippen LogP contribution in [0, 0.1) is 18.3 Å². The van der Waals surface area contributed by atoms with Gasteiger partial charge in [0.15, 0.2) is 0 Å². The molecule has 0 radical (unpaired) electrons. The molecule has 0 N–H and O–H groups in total. The van der Waals surface area contributed by atoms with E-state index in [1.165, 1.54) is 0 Å². The average Bonchev–Trinajstić information content (AvgIpc) is 3.44. The molecule has 1 aliphatic rings. The van der Waals surface area contributed by atoms with Crippen LogP contribution in [-0.2, 0) is 11.8 Å². The van der Waals surface area contributed by atoms with E-state index in [1.54, 1.807) is 4.68 Å². The Labute approximate surface area is 174 Å². The number of aromatic nitrogens is 4. The zero-order valence-corrected chi connectivity index (χ0v) is 17.0. The molecule has 0 spiro atoms. The van der Waals surface area contributed by atoms with Crippen LogP contribution in [-0.4, -0.2) is 31.1 Å². The molecule has 1 saturated carbocycles. The molecule has 30 heavy (non-hydrogen) atoms. The van der Waals surface area contributed by atoms with Gasteiger partial charge in [0, 0.05) is 49.3 Å². The first-order valence-electron chi connectivity index (χ1n) is 10.1. The molecule has 3 aromatic heterocycles. The number of benzene rings is 1. The number of terminal acetylenes is 1. The molecule has 1 fully saturated rings. The van der Waals surface area contributed by atoms with Crippen molar-refractivity contribution in [3.05, 3.63) is 48.4 Å². The Bertz CT molecular complexity index is 1320. The Morgan fingerprint density at radius 3 is 2.93 bits per heavy atom. The first-order chi connectivity index (χ1) is 14.5. The normalized spacial score (nSPS) is 17.5. The van der Waals surface area contributed by atoms with Crippen LogP contribution in [0.1, 0.15) is 31.7 Å². The van der Waals surface area contributed by atoms with Gasteiger partial charge >= 0.3 is 0 Å². The van der Waals surface area contributed by atoms with Gasteiger partial charge in [0.05, 0.1) is 28.9 Å². The fraction of sp³-hybridized carbons (Fsp3) is 0.292. The number of carbonyl (C=O) groups is 1. The quantitative estimate of drug-likeness (QED) is 0.488. The lowest BCUT2D eigenvalue weighted by Gasteiger charge is -2.21. The lowest BCUT2D eigenvalue weighted by molar-refractivity contribution is -0.117. The number of ketones is 1. The van der Waals surface area contributed by atoms with Crippen molar-refractivity contribution < 1.29 is 9.53 Å². The van der Waals surface area contributed by atoms with Crippen LogP contribution in [0.2, 0.25) is 0 Å². The monoisotopic (exact) mass is 398 g/mol. The molecule has 1 aliphatic carbocycles. The molecule has 6 heteroatoms. The smallest absolute Gasteiger partial charge is 0.137 e. The van der Waals surface area contributed by atoms with E-state index in [0.29, 0.717) is 18.6 Å². The van der Waals surface area contributed by atoms with E-state index in [2.05, 4.69) is 16.0 Å². The summed E-state index contributed by atoms with van der Waals surface area (Å²) in [5.41, 5.74) is 4.33. The summed E-state index contributed by atoms with van der Waals surface area (Å²) in [5.74, 6) is 4.02. The van der Waals surface area contributed by atoms with E-state index in [9.17, 15) is 4.79 Å². The van der Waals surface area contributed by atoms with E-state index in [1.807, 2.05) is 61.2 Å². The van der Waals surface area contributed by atoms with E-state index in [4.69, 9.17) is 11.2 Å². The molecule has 150 valence electrons. The summed E-state index contributed by atoms with van der Waals surface area (Å²) in [4.78, 5) is 16.2. The number of hydrogen-bond acceptors (Lipinski definition) is 4. The minimum atomic E-state index is -0.0506. The average molecular weight is 398 g/mol. The molecule has 4 aromatic rings. The number of pyridine rings is 1. The first-order valence-corrected chi connectivity index (χ1v) is 10.1. The fourth-order valence-electron chi connectivity index (χ4n) is 4.28. The number of ether oxygens (including phenoxy) is 1. The summed E-state index contributed by atoms with van der Waals surface area (Å²) in [6, 6.07) is 7.86. The van der Waals surface area contributed by atoms with E-state index >= 15 is 0 Å². The predicted molar refractivity (Wildman–Crippen MR) is 115 cm³/mol. The van der Waals surface area contributed by atoms with Crippen molar-refractivity contribution in [2.45, 2.75) is 32.3 Å². The summed E-state index contributed by atoms with van der Waals surface area (Å²) in [5, 5.41) is 5.55. The SMILES string of the molecule is C#Cc1ccc2ncc(-c3cc(O[C@H](C)[C@H]4CCC(=O)C4)c4cn(C)nc4c3)n2c1. The summed E-state index contributed by atoms with van der Waals surface area (Å²) < 4.78 is 10.2. The number of Topliss-reactive ketones (excluding diaryl/α,β-unsaturated/α-hetero) is 1. The van der Waals surface area contributed by atoms with E-state index in [-0.39, 0.29) is 12.0 Å². The molecule has 6 nitrogen and oxygen atoms in total. The molecule has 0 bridgehead atoms. The Balaban J connectivity index is 1.60. The molecule has 1 aromatic carbocycles. The standard InChI is InChI=1S/C24H22N4O2/c1-4-16-5-8-24-25-12-22(28(24)13-16)18-10-21-20(14-27(3)26-21)23(11-18)30-15(2)17-6-7-19(29)9-17/h1,5,8,10-15,17H,6-7,9H2,2-3H3/t15-,17+/m1/s1. The molecule has 0 aliphatic heterocycles. The maximum Gasteiger partial charge on any atom is 0.137 e. The summed E-state index contributed by atoms with van der Waals surface area (Å²) in [6.07, 6.45) is 13.4. The molecule has 0 saturated heterocycles. The third kappa shape index (κ3) is 3.13. The second kappa shape index (κ2) is 7.03. The topological polar surface area (TPSA) is 61.4 Å². The number of imidazole rings is 1. The van der Waals surface area contributed by atoms with E-state index < -0.39 is 0 Å². The highest BCUT2D eigenvalue weighted by Crippen LogP contribution is 2.35. The molecule has 2 atom stereocenters. The van der Waals surface area contributed by atoms with Gasteiger partial charge in [-0.05, 0) is 37.6 Å². The van der Waals surface area contributed by atoms with Gasteiger partial charge in [0.2, 0.25) is 0 Å². The number of nitrogens with zero attached hydrogens (tertiary/aromatic N) is 4. The molecule has 5 rings (SSSR count). The summed E-state index contributed by atoms with van der Waals surface area (Å²) >= 11 is 0. The van der Waals surface area contributed by atoms with Gasteiger partial charge in [-0.2, -0.15) is 5.10 Å². The van der Waals surface area contributed by atoms with Crippen molar-refractivity contribution in [1.29, 1.82) is 0 Å². The zero-order chi connectivity index (χ0) is 20.8. The van der Waals surface area contributed by atoms with Crippen molar-refractivity contribution in [3.8, 4) is 29.4 Å². The van der Waals surface area contributed by atoms with Crippen LogP contribution in [0.3, 0.4) is 0 Å². The highest BCUT2D eigenvalue weighted by molar-refractivity contribution is 5.89. The molecule has 0 unspecified atom stereocenters. The van der Waals surface area contributed by atoms with Crippen LogP contribution >= 0.6 is 0 Å². The van der Waals surface area contributed by atoms with Crippen molar-refractivity contribution in [3.63, 3.8) is 0 Å². The minimum absolute atomic E-state index is 0.0506. The van der Waals surface area contributed by atoms with Crippen molar-refractivity contribution in [2.24, 2.45) is 13.0 Å².